The van der Waals surface area contributed by atoms with Crippen molar-refractivity contribution in [3.8, 4) is 5.75 Å². The number of hydrogen-bond acceptors (Lipinski definition) is 3. The first-order valence-corrected chi connectivity index (χ1v) is 7.02. The molecular formula is C17H21FN2O. The lowest BCUT2D eigenvalue weighted by Gasteiger charge is -2.22. The Balaban J connectivity index is 2.34. The minimum atomic E-state index is -0.234. The van der Waals surface area contributed by atoms with Gasteiger partial charge in [0.1, 0.15) is 11.6 Å². The highest BCUT2D eigenvalue weighted by Crippen LogP contribution is 2.32. The second kappa shape index (κ2) is 7.09. The highest BCUT2D eigenvalue weighted by atomic mass is 19.1. The van der Waals surface area contributed by atoms with E-state index in [1.807, 2.05) is 49.2 Å². The quantitative estimate of drug-likeness (QED) is 0.877. The van der Waals surface area contributed by atoms with Crippen molar-refractivity contribution < 1.29 is 9.13 Å². The number of anilines is 2. The number of methoxy groups -OCH3 is 1. The van der Waals surface area contributed by atoms with Crippen molar-refractivity contribution in [3.63, 3.8) is 0 Å². The van der Waals surface area contributed by atoms with Crippen molar-refractivity contribution >= 4 is 11.4 Å². The van der Waals surface area contributed by atoms with E-state index < -0.39 is 0 Å². The molecular weight excluding hydrogens is 267 g/mol. The molecule has 0 saturated carbocycles. The smallest absolute Gasteiger partial charge is 0.142 e. The van der Waals surface area contributed by atoms with E-state index in [9.17, 15) is 4.39 Å². The van der Waals surface area contributed by atoms with Gasteiger partial charge in [0, 0.05) is 19.3 Å². The largest absolute Gasteiger partial charge is 0.495 e. The summed E-state index contributed by atoms with van der Waals surface area (Å²) in [6.07, 6.45) is 0. The molecule has 0 fully saturated rings. The summed E-state index contributed by atoms with van der Waals surface area (Å²) in [6.45, 7) is 3.54. The Morgan fingerprint density at radius 1 is 1.19 bits per heavy atom. The van der Waals surface area contributed by atoms with Gasteiger partial charge in [0.05, 0.1) is 12.8 Å². The van der Waals surface area contributed by atoms with Crippen molar-refractivity contribution in [2.75, 3.05) is 25.6 Å². The zero-order valence-electron chi connectivity index (χ0n) is 12.7. The summed E-state index contributed by atoms with van der Waals surface area (Å²) in [5.74, 6) is 0.527. The summed E-state index contributed by atoms with van der Waals surface area (Å²) in [5.41, 5.74) is 2.63. The molecule has 0 spiro atoms. The molecule has 0 aromatic heterocycles. The molecule has 112 valence electrons. The molecule has 0 bridgehead atoms. The third kappa shape index (κ3) is 3.73. The molecule has 1 N–H and O–H groups in total. The summed E-state index contributed by atoms with van der Waals surface area (Å²) in [4.78, 5) is 1.93. The van der Waals surface area contributed by atoms with Crippen LogP contribution in [-0.2, 0) is 6.54 Å². The summed E-state index contributed by atoms with van der Waals surface area (Å²) in [6, 6.07) is 12.8. The Kier molecular flexibility index (Phi) is 5.17. The maximum Gasteiger partial charge on any atom is 0.142 e. The van der Waals surface area contributed by atoms with Gasteiger partial charge in [-0.1, -0.05) is 19.1 Å². The monoisotopic (exact) mass is 288 g/mol. The number of halogens is 1. The molecule has 0 aliphatic carbocycles. The average molecular weight is 288 g/mol. The first-order valence-electron chi connectivity index (χ1n) is 7.02. The number of para-hydroxylation sites is 2. The first-order chi connectivity index (χ1) is 10.2. The molecule has 2 aromatic carbocycles. The number of hydrogen-bond donors (Lipinski definition) is 1. The van der Waals surface area contributed by atoms with E-state index in [1.54, 1.807) is 13.2 Å². The van der Waals surface area contributed by atoms with E-state index in [0.29, 0.717) is 6.54 Å². The van der Waals surface area contributed by atoms with Crippen molar-refractivity contribution in [2.45, 2.75) is 13.5 Å². The SMILES string of the molecule is CCNCc1cc(F)cc(N(C)c2ccccc2OC)c1. The number of ether oxygens (including phenoxy) is 1. The van der Waals surface area contributed by atoms with E-state index in [1.165, 1.54) is 6.07 Å². The summed E-state index contributed by atoms with van der Waals surface area (Å²) < 4.78 is 19.2. The second-order valence-corrected chi connectivity index (χ2v) is 4.83. The molecule has 3 nitrogen and oxygen atoms in total. The second-order valence-electron chi connectivity index (χ2n) is 4.83. The first kappa shape index (κ1) is 15.3. The molecule has 4 heteroatoms. The Hall–Kier alpha value is -2.07. The summed E-state index contributed by atoms with van der Waals surface area (Å²) >= 11 is 0. The molecule has 0 heterocycles. The predicted octanol–water partition coefficient (Wildman–Crippen LogP) is 3.71. The molecule has 0 aliphatic heterocycles. The van der Waals surface area contributed by atoms with Crippen LogP contribution >= 0.6 is 0 Å². The van der Waals surface area contributed by atoms with Crippen LogP contribution in [0.2, 0.25) is 0 Å². The molecule has 0 radical (unpaired) electrons. The topological polar surface area (TPSA) is 24.5 Å². The Morgan fingerprint density at radius 2 is 1.95 bits per heavy atom. The van der Waals surface area contributed by atoms with Crippen molar-refractivity contribution in [3.05, 3.63) is 53.8 Å². The van der Waals surface area contributed by atoms with Crippen LogP contribution in [0.4, 0.5) is 15.8 Å². The minimum Gasteiger partial charge on any atom is -0.495 e. The zero-order chi connectivity index (χ0) is 15.2. The molecule has 0 saturated heterocycles. The maximum atomic E-state index is 13.8. The summed E-state index contributed by atoms with van der Waals surface area (Å²) in [7, 11) is 3.54. The highest BCUT2D eigenvalue weighted by Gasteiger charge is 2.11. The molecule has 0 atom stereocenters. The van der Waals surface area contributed by atoms with Crippen LogP contribution in [0.5, 0.6) is 5.75 Å². The zero-order valence-corrected chi connectivity index (χ0v) is 12.7. The molecule has 0 aliphatic rings. The van der Waals surface area contributed by atoms with Gasteiger partial charge in [-0.2, -0.15) is 0 Å². The fourth-order valence-electron chi connectivity index (χ4n) is 2.24. The Morgan fingerprint density at radius 3 is 2.67 bits per heavy atom. The Labute approximate surface area is 125 Å². The van der Waals surface area contributed by atoms with E-state index in [2.05, 4.69) is 5.32 Å². The van der Waals surface area contributed by atoms with Crippen LogP contribution in [0, 0.1) is 5.82 Å². The fraction of sp³-hybridized carbons (Fsp3) is 0.294. The summed E-state index contributed by atoms with van der Waals surface area (Å²) in [5, 5.41) is 3.21. The lowest BCUT2D eigenvalue weighted by Crippen LogP contribution is -2.14. The van der Waals surface area contributed by atoms with Crippen molar-refractivity contribution in [1.29, 1.82) is 0 Å². The number of rotatable bonds is 6. The van der Waals surface area contributed by atoms with Crippen molar-refractivity contribution in [2.24, 2.45) is 0 Å². The number of nitrogens with one attached hydrogen (secondary N) is 1. The molecule has 0 amide bonds. The normalized spacial score (nSPS) is 10.5. The van der Waals surface area contributed by atoms with Gasteiger partial charge in [-0.25, -0.2) is 4.39 Å². The van der Waals surface area contributed by atoms with E-state index in [0.717, 1.165) is 29.2 Å². The predicted molar refractivity (Wildman–Crippen MR) is 84.8 cm³/mol. The van der Waals surface area contributed by atoms with Crippen LogP contribution in [0.1, 0.15) is 12.5 Å². The average Bonchev–Trinajstić information content (AvgIpc) is 2.51. The van der Waals surface area contributed by atoms with Crippen LogP contribution in [0.25, 0.3) is 0 Å². The van der Waals surface area contributed by atoms with Gasteiger partial charge >= 0.3 is 0 Å². The molecule has 0 unspecified atom stereocenters. The maximum absolute atomic E-state index is 13.8. The van der Waals surface area contributed by atoms with Crippen LogP contribution in [0.3, 0.4) is 0 Å². The Bertz CT molecular complexity index is 601. The lowest BCUT2D eigenvalue weighted by molar-refractivity contribution is 0.415. The van der Waals surface area contributed by atoms with Gasteiger partial charge in [-0.15, -0.1) is 0 Å². The van der Waals surface area contributed by atoms with Crippen LogP contribution in [-0.4, -0.2) is 20.7 Å². The molecule has 21 heavy (non-hydrogen) atoms. The highest BCUT2D eigenvalue weighted by molar-refractivity contribution is 5.69. The van der Waals surface area contributed by atoms with E-state index in [-0.39, 0.29) is 5.82 Å². The van der Waals surface area contributed by atoms with Crippen LogP contribution < -0.4 is 15.0 Å². The third-order valence-corrected chi connectivity index (χ3v) is 3.36. The lowest BCUT2D eigenvalue weighted by atomic mass is 10.1. The van der Waals surface area contributed by atoms with E-state index >= 15 is 0 Å². The van der Waals surface area contributed by atoms with Gasteiger partial charge in [-0.3, -0.25) is 0 Å². The minimum absolute atomic E-state index is 0.234. The van der Waals surface area contributed by atoms with Gasteiger partial charge in [-0.05, 0) is 42.4 Å². The van der Waals surface area contributed by atoms with Gasteiger partial charge in [0.15, 0.2) is 0 Å². The standard InChI is InChI=1S/C17H21FN2O/c1-4-19-12-13-9-14(18)11-15(10-13)20(2)16-7-5-6-8-17(16)21-3/h5-11,19H,4,12H2,1-3H3. The van der Waals surface area contributed by atoms with Gasteiger partial charge < -0.3 is 15.0 Å². The third-order valence-electron chi connectivity index (χ3n) is 3.36. The number of benzene rings is 2. The van der Waals surface area contributed by atoms with Gasteiger partial charge in [0.25, 0.3) is 0 Å². The molecule has 2 aromatic rings. The van der Waals surface area contributed by atoms with E-state index in [4.69, 9.17) is 4.74 Å². The number of nitrogens with zero attached hydrogens (tertiary/aromatic N) is 1. The fourth-order valence-corrected chi connectivity index (χ4v) is 2.24. The molecule has 2 rings (SSSR count). The van der Waals surface area contributed by atoms with Crippen molar-refractivity contribution in [1.82, 2.24) is 5.32 Å². The van der Waals surface area contributed by atoms with Gasteiger partial charge in [0.2, 0.25) is 0 Å². The van der Waals surface area contributed by atoms with Crippen LogP contribution in [0.15, 0.2) is 42.5 Å².